The number of halogens is 2. The maximum absolute atomic E-state index is 11.5. The van der Waals surface area contributed by atoms with Crippen LogP contribution in [0.3, 0.4) is 0 Å². The Labute approximate surface area is 122 Å². The Bertz CT molecular complexity index is 612. The lowest BCUT2D eigenvalue weighted by Crippen LogP contribution is -1.99. The number of ether oxygens (including phenoxy) is 1. The van der Waals surface area contributed by atoms with E-state index in [1.54, 1.807) is 13.0 Å². The number of thiazole rings is 1. The molecular formula is C12H9BrClNO2S. The standard InChI is InChI=1S/C12H9BrClNO2S/c1-6-10(12(16)17-2)18-11(15-6)7-3-4-9(14)8(13)5-7/h3-5H,1-2H3. The molecule has 94 valence electrons. The van der Waals surface area contributed by atoms with Gasteiger partial charge in [0.2, 0.25) is 0 Å². The molecule has 3 nitrogen and oxygen atoms in total. The molecule has 0 radical (unpaired) electrons. The van der Waals surface area contributed by atoms with Crippen LogP contribution in [0.1, 0.15) is 15.4 Å². The highest BCUT2D eigenvalue weighted by atomic mass is 79.9. The lowest BCUT2D eigenvalue weighted by atomic mass is 10.2. The number of benzene rings is 1. The highest BCUT2D eigenvalue weighted by Crippen LogP contribution is 2.32. The van der Waals surface area contributed by atoms with E-state index < -0.39 is 0 Å². The monoisotopic (exact) mass is 345 g/mol. The molecule has 0 aliphatic heterocycles. The van der Waals surface area contributed by atoms with Crippen LogP contribution in [0.15, 0.2) is 22.7 Å². The molecule has 1 heterocycles. The molecule has 0 atom stereocenters. The molecule has 2 aromatic rings. The first-order valence-electron chi connectivity index (χ1n) is 5.04. The summed E-state index contributed by atoms with van der Waals surface area (Å²) in [6.07, 6.45) is 0. The van der Waals surface area contributed by atoms with E-state index in [9.17, 15) is 4.79 Å². The molecule has 1 aromatic carbocycles. The number of hydrogen-bond donors (Lipinski definition) is 0. The molecule has 0 spiro atoms. The maximum atomic E-state index is 11.5. The topological polar surface area (TPSA) is 39.2 Å². The Morgan fingerprint density at radius 1 is 1.50 bits per heavy atom. The van der Waals surface area contributed by atoms with E-state index in [4.69, 9.17) is 16.3 Å². The summed E-state index contributed by atoms with van der Waals surface area (Å²) >= 11 is 10.6. The van der Waals surface area contributed by atoms with Crippen LogP contribution in [0, 0.1) is 6.92 Å². The Morgan fingerprint density at radius 2 is 2.22 bits per heavy atom. The van der Waals surface area contributed by atoms with Gasteiger partial charge in [-0.3, -0.25) is 0 Å². The first-order chi connectivity index (χ1) is 8.52. The second-order valence-corrected chi connectivity index (χ2v) is 5.81. The number of aromatic nitrogens is 1. The number of nitrogens with zero attached hydrogens (tertiary/aromatic N) is 1. The van der Waals surface area contributed by atoms with Crippen molar-refractivity contribution in [3.05, 3.63) is 38.3 Å². The van der Waals surface area contributed by atoms with Crippen LogP contribution in [-0.4, -0.2) is 18.1 Å². The number of hydrogen-bond acceptors (Lipinski definition) is 4. The van der Waals surface area contributed by atoms with Gasteiger partial charge in [0.1, 0.15) is 9.88 Å². The van der Waals surface area contributed by atoms with Crippen molar-refractivity contribution in [2.75, 3.05) is 7.11 Å². The molecule has 0 saturated heterocycles. The molecule has 0 N–H and O–H groups in total. The van der Waals surface area contributed by atoms with E-state index in [2.05, 4.69) is 20.9 Å². The van der Waals surface area contributed by atoms with Gasteiger partial charge in [0.05, 0.1) is 17.8 Å². The van der Waals surface area contributed by atoms with Gasteiger partial charge >= 0.3 is 5.97 Å². The predicted octanol–water partition coefficient (Wildman–Crippen LogP) is 4.32. The number of methoxy groups -OCH3 is 1. The van der Waals surface area contributed by atoms with Crippen molar-refractivity contribution in [3.8, 4) is 10.6 Å². The summed E-state index contributed by atoms with van der Waals surface area (Å²) in [6, 6.07) is 5.53. The summed E-state index contributed by atoms with van der Waals surface area (Å²) in [7, 11) is 1.36. The highest BCUT2D eigenvalue weighted by molar-refractivity contribution is 9.10. The first-order valence-corrected chi connectivity index (χ1v) is 7.03. The summed E-state index contributed by atoms with van der Waals surface area (Å²) in [5.74, 6) is -0.357. The van der Waals surface area contributed by atoms with Crippen LogP contribution in [0.2, 0.25) is 5.02 Å². The lowest BCUT2D eigenvalue weighted by Gasteiger charge is -1.99. The molecule has 0 unspecified atom stereocenters. The van der Waals surface area contributed by atoms with Gasteiger partial charge in [-0.15, -0.1) is 11.3 Å². The van der Waals surface area contributed by atoms with Gasteiger partial charge < -0.3 is 4.74 Å². The summed E-state index contributed by atoms with van der Waals surface area (Å²) in [5, 5.41) is 1.41. The average Bonchev–Trinajstić information content (AvgIpc) is 2.74. The summed E-state index contributed by atoms with van der Waals surface area (Å²) in [5.41, 5.74) is 1.59. The molecule has 0 amide bonds. The fraction of sp³-hybridized carbons (Fsp3) is 0.167. The van der Waals surface area contributed by atoms with Crippen LogP contribution in [0.4, 0.5) is 0 Å². The van der Waals surface area contributed by atoms with Crippen LogP contribution >= 0.6 is 38.9 Å². The van der Waals surface area contributed by atoms with Crippen LogP contribution in [-0.2, 0) is 4.74 Å². The fourth-order valence-electron chi connectivity index (χ4n) is 1.43. The molecule has 2 rings (SSSR count). The Balaban J connectivity index is 2.45. The van der Waals surface area contributed by atoms with Crippen molar-refractivity contribution >= 4 is 44.8 Å². The van der Waals surface area contributed by atoms with E-state index in [1.165, 1.54) is 18.4 Å². The van der Waals surface area contributed by atoms with E-state index >= 15 is 0 Å². The minimum Gasteiger partial charge on any atom is -0.465 e. The quantitative estimate of drug-likeness (QED) is 0.760. The molecule has 0 fully saturated rings. The zero-order chi connectivity index (χ0) is 13.3. The highest BCUT2D eigenvalue weighted by Gasteiger charge is 2.16. The Kier molecular flexibility index (Phi) is 4.04. The second kappa shape index (κ2) is 5.38. The molecule has 0 aliphatic carbocycles. The van der Waals surface area contributed by atoms with Gasteiger partial charge in [-0.05, 0) is 35.0 Å². The van der Waals surface area contributed by atoms with Gasteiger partial charge in [0.15, 0.2) is 0 Å². The lowest BCUT2D eigenvalue weighted by molar-refractivity contribution is 0.0605. The SMILES string of the molecule is COC(=O)c1sc(-c2ccc(Cl)c(Br)c2)nc1C. The van der Waals surface area contributed by atoms with Crippen molar-refractivity contribution in [1.82, 2.24) is 4.98 Å². The minimum absolute atomic E-state index is 0.357. The van der Waals surface area contributed by atoms with Crippen LogP contribution in [0.5, 0.6) is 0 Å². The molecule has 0 saturated carbocycles. The molecule has 6 heteroatoms. The zero-order valence-electron chi connectivity index (χ0n) is 9.66. The molecular weight excluding hydrogens is 338 g/mol. The van der Waals surface area contributed by atoms with Crippen LogP contribution < -0.4 is 0 Å². The predicted molar refractivity (Wildman–Crippen MR) is 76.3 cm³/mol. The van der Waals surface area contributed by atoms with E-state index in [-0.39, 0.29) is 5.97 Å². The summed E-state index contributed by atoms with van der Waals surface area (Å²) < 4.78 is 5.51. The van der Waals surface area contributed by atoms with Crippen LogP contribution in [0.25, 0.3) is 10.6 Å². The van der Waals surface area contributed by atoms with Crippen molar-refractivity contribution in [1.29, 1.82) is 0 Å². The smallest absolute Gasteiger partial charge is 0.349 e. The van der Waals surface area contributed by atoms with Crippen molar-refractivity contribution in [3.63, 3.8) is 0 Å². The van der Waals surface area contributed by atoms with Gasteiger partial charge in [-0.2, -0.15) is 0 Å². The largest absolute Gasteiger partial charge is 0.465 e. The Morgan fingerprint density at radius 3 is 2.83 bits per heavy atom. The normalized spacial score (nSPS) is 10.4. The zero-order valence-corrected chi connectivity index (χ0v) is 12.8. The number of carbonyl (C=O) groups excluding carboxylic acids is 1. The van der Waals surface area contributed by atoms with Gasteiger partial charge in [-0.25, -0.2) is 9.78 Å². The Hall–Kier alpha value is -0.910. The second-order valence-electron chi connectivity index (χ2n) is 3.55. The third-order valence-corrected chi connectivity index (χ3v) is 4.73. The molecule has 1 aromatic heterocycles. The van der Waals surface area contributed by atoms with Crippen molar-refractivity contribution < 1.29 is 9.53 Å². The van der Waals surface area contributed by atoms with Gasteiger partial charge in [-0.1, -0.05) is 17.7 Å². The number of carbonyl (C=O) groups is 1. The number of aryl methyl sites for hydroxylation is 1. The average molecular weight is 347 g/mol. The van der Waals surface area contributed by atoms with Crippen molar-refractivity contribution in [2.45, 2.75) is 6.92 Å². The fourth-order valence-corrected chi connectivity index (χ4v) is 2.91. The molecule has 0 bridgehead atoms. The third kappa shape index (κ3) is 2.58. The van der Waals surface area contributed by atoms with Gasteiger partial charge in [0, 0.05) is 10.0 Å². The third-order valence-electron chi connectivity index (χ3n) is 2.33. The molecule has 18 heavy (non-hydrogen) atoms. The first kappa shape index (κ1) is 13.5. The van der Waals surface area contributed by atoms with Gasteiger partial charge in [0.25, 0.3) is 0 Å². The van der Waals surface area contributed by atoms with E-state index in [1.807, 2.05) is 12.1 Å². The summed E-state index contributed by atoms with van der Waals surface area (Å²) in [6.45, 7) is 1.79. The van der Waals surface area contributed by atoms with Crippen molar-refractivity contribution in [2.24, 2.45) is 0 Å². The van der Waals surface area contributed by atoms with E-state index in [0.717, 1.165) is 15.0 Å². The number of esters is 1. The maximum Gasteiger partial charge on any atom is 0.349 e. The minimum atomic E-state index is -0.357. The molecule has 0 aliphatic rings. The van der Waals surface area contributed by atoms with E-state index in [0.29, 0.717) is 15.6 Å². The summed E-state index contributed by atoms with van der Waals surface area (Å²) in [4.78, 5) is 16.4. The number of rotatable bonds is 2.